The van der Waals surface area contributed by atoms with E-state index in [1.54, 1.807) is 23.5 Å². The highest BCUT2D eigenvalue weighted by Crippen LogP contribution is 2.28. The monoisotopic (exact) mass is 306 g/mol. The van der Waals surface area contributed by atoms with Crippen LogP contribution in [0.2, 0.25) is 5.02 Å². The first kappa shape index (κ1) is 13.3. The van der Waals surface area contributed by atoms with Crippen molar-refractivity contribution in [2.24, 2.45) is 0 Å². The Morgan fingerprint density at radius 2 is 2.05 bits per heavy atom. The summed E-state index contributed by atoms with van der Waals surface area (Å²) < 4.78 is 14.5. The lowest BCUT2D eigenvalue weighted by molar-refractivity contribution is 0.610. The van der Waals surface area contributed by atoms with Crippen molar-refractivity contribution in [3.63, 3.8) is 0 Å². The Bertz CT molecular complexity index is 742. The molecule has 5 heteroatoms. The summed E-state index contributed by atoms with van der Waals surface area (Å²) in [5.74, 6) is -0.162. The molecular formula is C15H12ClFN2S. The lowest BCUT2D eigenvalue weighted by Crippen LogP contribution is -2.05. The Morgan fingerprint density at radius 3 is 2.90 bits per heavy atom. The minimum Gasteiger partial charge on any atom is -0.361 e. The van der Waals surface area contributed by atoms with Crippen molar-refractivity contribution in [1.82, 2.24) is 4.98 Å². The van der Waals surface area contributed by atoms with Crippen molar-refractivity contribution in [2.75, 3.05) is 11.9 Å². The van der Waals surface area contributed by atoms with Crippen LogP contribution in [0.25, 0.3) is 10.2 Å². The van der Waals surface area contributed by atoms with Crippen molar-refractivity contribution in [3.8, 4) is 0 Å². The Labute approximate surface area is 125 Å². The highest BCUT2D eigenvalue weighted by atomic mass is 35.5. The summed E-state index contributed by atoms with van der Waals surface area (Å²) in [5, 5.41) is 4.77. The molecular weight excluding hydrogens is 295 g/mol. The molecule has 1 heterocycles. The van der Waals surface area contributed by atoms with Crippen molar-refractivity contribution in [1.29, 1.82) is 0 Å². The maximum Gasteiger partial charge on any atom is 0.183 e. The van der Waals surface area contributed by atoms with Crippen molar-refractivity contribution in [3.05, 3.63) is 58.9 Å². The van der Waals surface area contributed by atoms with Gasteiger partial charge < -0.3 is 5.32 Å². The zero-order valence-electron chi connectivity index (χ0n) is 10.6. The van der Waals surface area contributed by atoms with E-state index in [9.17, 15) is 4.39 Å². The maximum atomic E-state index is 13.5. The quantitative estimate of drug-likeness (QED) is 0.753. The molecule has 2 aromatic carbocycles. The Hall–Kier alpha value is -1.65. The first-order chi connectivity index (χ1) is 9.72. The highest BCUT2D eigenvalue weighted by Gasteiger charge is 2.05. The molecule has 0 aliphatic rings. The highest BCUT2D eigenvalue weighted by molar-refractivity contribution is 7.22. The third kappa shape index (κ3) is 2.92. The van der Waals surface area contributed by atoms with Crippen LogP contribution in [0.15, 0.2) is 42.5 Å². The molecule has 0 aliphatic heterocycles. The van der Waals surface area contributed by atoms with Crippen molar-refractivity contribution < 1.29 is 4.39 Å². The first-order valence-corrected chi connectivity index (χ1v) is 7.45. The van der Waals surface area contributed by atoms with Crippen molar-refractivity contribution in [2.45, 2.75) is 6.42 Å². The van der Waals surface area contributed by atoms with Crippen LogP contribution in [0.3, 0.4) is 0 Å². The molecule has 0 fully saturated rings. The zero-order valence-corrected chi connectivity index (χ0v) is 12.1. The molecule has 0 saturated heterocycles. The summed E-state index contributed by atoms with van der Waals surface area (Å²) in [6.07, 6.45) is 0.628. The third-order valence-electron chi connectivity index (χ3n) is 2.98. The lowest BCUT2D eigenvalue weighted by Gasteiger charge is -2.03. The molecule has 0 saturated carbocycles. The minimum atomic E-state index is -0.162. The Kier molecular flexibility index (Phi) is 3.85. The van der Waals surface area contributed by atoms with Gasteiger partial charge in [-0.25, -0.2) is 9.37 Å². The minimum absolute atomic E-state index is 0.162. The van der Waals surface area contributed by atoms with E-state index in [1.165, 1.54) is 6.07 Å². The van der Waals surface area contributed by atoms with Gasteiger partial charge in [0.2, 0.25) is 0 Å². The van der Waals surface area contributed by atoms with Gasteiger partial charge in [-0.1, -0.05) is 41.1 Å². The van der Waals surface area contributed by atoms with Gasteiger partial charge in [0, 0.05) is 11.6 Å². The zero-order chi connectivity index (χ0) is 13.9. The topological polar surface area (TPSA) is 24.9 Å². The number of hydrogen-bond acceptors (Lipinski definition) is 3. The maximum absolute atomic E-state index is 13.5. The van der Waals surface area contributed by atoms with Gasteiger partial charge in [0.15, 0.2) is 5.13 Å². The SMILES string of the molecule is Fc1ccccc1CCNc1nc2ccc(Cl)cc2s1. The van der Waals surface area contributed by atoms with Crippen LogP contribution in [-0.2, 0) is 6.42 Å². The van der Waals surface area contributed by atoms with E-state index in [0.29, 0.717) is 23.6 Å². The van der Waals surface area contributed by atoms with Gasteiger partial charge in [0.1, 0.15) is 5.82 Å². The summed E-state index contributed by atoms with van der Waals surface area (Å²) in [4.78, 5) is 4.46. The summed E-state index contributed by atoms with van der Waals surface area (Å²) in [5.41, 5.74) is 1.64. The molecule has 1 aromatic heterocycles. The second-order valence-corrected chi connectivity index (χ2v) is 5.87. The number of fused-ring (bicyclic) bond motifs is 1. The van der Waals surface area contributed by atoms with E-state index >= 15 is 0 Å². The fourth-order valence-corrected chi connectivity index (χ4v) is 3.15. The summed E-state index contributed by atoms with van der Waals surface area (Å²) in [6.45, 7) is 0.647. The molecule has 2 nitrogen and oxygen atoms in total. The number of hydrogen-bond donors (Lipinski definition) is 1. The van der Waals surface area contributed by atoms with Crippen LogP contribution in [0, 0.1) is 5.82 Å². The number of thiazole rings is 1. The predicted molar refractivity (Wildman–Crippen MR) is 83.2 cm³/mol. The number of aromatic nitrogens is 1. The van der Waals surface area contributed by atoms with E-state index in [0.717, 1.165) is 15.3 Å². The van der Waals surface area contributed by atoms with Crippen LogP contribution in [0.1, 0.15) is 5.56 Å². The van der Waals surface area contributed by atoms with Crippen LogP contribution < -0.4 is 5.32 Å². The standard InChI is InChI=1S/C15H12ClFN2S/c16-11-5-6-13-14(9-11)20-15(19-13)18-8-7-10-3-1-2-4-12(10)17/h1-6,9H,7-8H2,(H,18,19). The van der Waals surface area contributed by atoms with Gasteiger partial charge in [0.25, 0.3) is 0 Å². The van der Waals surface area contributed by atoms with E-state index < -0.39 is 0 Å². The third-order valence-corrected chi connectivity index (χ3v) is 4.19. The normalized spacial score (nSPS) is 10.9. The predicted octanol–water partition coefficient (Wildman–Crippen LogP) is 4.74. The van der Waals surface area contributed by atoms with Crippen LogP contribution in [-0.4, -0.2) is 11.5 Å². The molecule has 0 amide bonds. The molecule has 0 radical (unpaired) electrons. The number of nitrogens with zero attached hydrogens (tertiary/aromatic N) is 1. The second kappa shape index (κ2) is 5.77. The molecule has 3 rings (SSSR count). The average molecular weight is 307 g/mol. The van der Waals surface area contributed by atoms with Gasteiger partial charge in [-0.3, -0.25) is 0 Å². The Morgan fingerprint density at radius 1 is 1.20 bits per heavy atom. The Balaban J connectivity index is 1.67. The van der Waals surface area contributed by atoms with E-state index in [2.05, 4.69) is 10.3 Å². The number of halogens is 2. The number of rotatable bonds is 4. The summed E-state index contributed by atoms with van der Waals surface area (Å²) in [6, 6.07) is 12.4. The molecule has 20 heavy (non-hydrogen) atoms. The molecule has 3 aromatic rings. The molecule has 0 atom stereocenters. The number of benzene rings is 2. The van der Waals surface area contributed by atoms with Gasteiger partial charge in [0.05, 0.1) is 10.2 Å². The van der Waals surface area contributed by atoms with Crippen molar-refractivity contribution >= 4 is 38.3 Å². The fraction of sp³-hybridized carbons (Fsp3) is 0.133. The number of anilines is 1. The largest absolute Gasteiger partial charge is 0.361 e. The van der Waals surface area contributed by atoms with Crippen LogP contribution >= 0.6 is 22.9 Å². The van der Waals surface area contributed by atoms with Crippen LogP contribution in [0.5, 0.6) is 0 Å². The molecule has 102 valence electrons. The van der Waals surface area contributed by atoms with Gasteiger partial charge in [-0.2, -0.15) is 0 Å². The van der Waals surface area contributed by atoms with Crippen LogP contribution in [0.4, 0.5) is 9.52 Å². The second-order valence-electron chi connectivity index (χ2n) is 4.40. The van der Waals surface area contributed by atoms with Gasteiger partial charge in [-0.15, -0.1) is 0 Å². The molecule has 0 aliphatic carbocycles. The number of nitrogens with one attached hydrogen (secondary N) is 1. The van der Waals surface area contributed by atoms with Gasteiger partial charge in [-0.05, 0) is 36.2 Å². The smallest absolute Gasteiger partial charge is 0.183 e. The molecule has 1 N–H and O–H groups in total. The molecule has 0 unspecified atom stereocenters. The van der Waals surface area contributed by atoms with E-state index in [4.69, 9.17) is 11.6 Å². The molecule has 0 bridgehead atoms. The average Bonchev–Trinajstić information content (AvgIpc) is 2.83. The summed E-state index contributed by atoms with van der Waals surface area (Å²) in [7, 11) is 0. The fourth-order valence-electron chi connectivity index (χ4n) is 1.98. The van der Waals surface area contributed by atoms with Gasteiger partial charge >= 0.3 is 0 Å². The van der Waals surface area contributed by atoms with E-state index in [-0.39, 0.29) is 5.82 Å². The van der Waals surface area contributed by atoms with E-state index in [1.807, 2.05) is 24.3 Å². The molecule has 0 spiro atoms. The lowest BCUT2D eigenvalue weighted by atomic mass is 10.1. The summed E-state index contributed by atoms with van der Waals surface area (Å²) >= 11 is 7.50. The first-order valence-electron chi connectivity index (χ1n) is 6.26.